The molecule has 0 saturated heterocycles. The molecular formula is C13H6BrF4NO. The standard InChI is InChI=1S/C13H6BrF4NO/c14-7-3-6(1-2-8(7)15)13(20)19-12-5-10(17)9(16)4-11(12)18/h1-5H,(H,19,20). The molecule has 1 N–H and O–H groups in total. The molecule has 2 rings (SSSR count). The minimum absolute atomic E-state index is 0.0300. The SMILES string of the molecule is O=C(Nc1cc(F)c(F)cc1F)c1ccc(F)c(Br)c1. The first kappa shape index (κ1) is 14.5. The van der Waals surface area contributed by atoms with E-state index in [1.165, 1.54) is 12.1 Å². The lowest BCUT2D eigenvalue weighted by Crippen LogP contribution is -2.13. The van der Waals surface area contributed by atoms with Gasteiger partial charge in [0.2, 0.25) is 0 Å². The van der Waals surface area contributed by atoms with Gasteiger partial charge in [-0.05, 0) is 34.1 Å². The average Bonchev–Trinajstić information content (AvgIpc) is 2.39. The van der Waals surface area contributed by atoms with Crippen molar-refractivity contribution >= 4 is 27.5 Å². The van der Waals surface area contributed by atoms with E-state index in [2.05, 4.69) is 21.2 Å². The summed E-state index contributed by atoms with van der Waals surface area (Å²) in [5.74, 6) is -5.11. The van der Waals surface area contributed by atoms with Crippen LogP contribution in [-0.2, 0) is 0 Å². The van der Waals surface area contributed by atoms with Crippen LogP contribution in [0.4, 0.5) is 23.2 Å². The molecule has 0 atom stereocenters. The molecule has 0 saturated carbocycles. The first-order valence-corrected chi connectivity index (χ1v) is 6.08. The Balaban J connectivity index is 2.27. The zero-order valence-electron chi connectivity index (χ0n) is 9.68. The number of nitrogens with one attached hydrogen (secondary N) is 1. The Hall–Kier alpha value is -1.89. The van der Waals surface area contributed by atoms with Gasteiger partial charge in [-0.15, -0.1) is 0 Å². The van der Waals surface area contributed by atoms with Crippen LogP contribution >= 0.6 is 15.9 Å². The first-order chi connectivity index (χ1) is 9.38. The highest BCUT2D eigenvalue weighted by atomic mass is 79.9. The molecule has 0 unspecified atom stereocenters. The van der Waals surface area contributed by atoms with Gasteiger partial charge in [0.15, 0.2) is 11.6 Å². The second-order valence-corrected chi connectivity index (χ2v) is 4.68. The van der Waals surface area contributed by atoms with Gasteiger partial charge in [-0.25, -0.2) is 17.6 Å². The molecule has 2 aromatic carbocycles. The van der Waals surface area contributed by atoms with E-state index in [1.54, 1.807) is 0 Å². The molecule has 0 aliphatic carbocycles. The smallest absolute Gasteiger partial charge is 0.255 e. The van der Waals surface area contributed by atoms with E-state index in [-0.39, 0.29) is 10.0 Å². The zero-order valence-corrected chi connectivity index (χ0v) is 11.3. The van der Waals surface area contributed by atoms with Gasteiger partial charge in [0.1, 0.15) is 11.6 Å². The highest BCUT2D eigenvalue weighted by Crippen LogP contribution is 2.21. The van der Waals surface area contributed by atoms with Gasteiger partial charge in [-0.1, -0.05) is 0 Å². The third-order valence-electron chi connectivity index (χ3n) is 2.44. The Kier molecular flexibility index (Phi) is 4.08. The summed E-state index contributed by atoms with van der Waals surface area (Å²) in [5, 5.41) is 2.08. The van der Waals surface area contributed by atoms with Crippen LogP contribution < -0.4 is 5.32 Å². The monoisotopic (exact) mass is 347 g/mol. The Bertz CT molecular complexity index is 690. The maximum Gasteiger partial charge on any atom is 0.255 e. The minimum atomic E-state index is -1.36. The van der Waals surface area contributed by atoms with Gasteiger partial charge < -0.3 is 5.32 Å². The van der Waals surface area contributed by atoms with Crippen LogP contribution in [0.1, 0.15) is 10.4 Å². The van der Waals surface area contributed by atoms with Crippen LogP contribution in [-0.4, -0.2) is 5.91 Å². The van der Waals surface area contributed by atoms with Crippen LogP contribution in [0.5, 0.6) is 0 Å². The molecule has 2 aromatic rings. The highest BCUT2D eigenvalue weighted by Gasteiger charge is 2.14. The van der Waals surface area contributed by atoms with Gasteiger partial charge in [-0.3, -0.25) is 4.79 Å². The Morgan fingerprint density at radius 1 is 0.900 bits per heavy atom. The molecule has 20 heavy (non-hydrogen) atoms. The summed E-state index contributed by atoms with van der Waals surface area (Å²) in [7, 11) is 0. The van der Waals surface area contributed by atoms with Crippen molar-refractivity contribution in [1.82, 2.24) is 0 Å². The molecule has 104 valence electrons. The molecule has 1 amide bonds. The summed E-state index contributed by atoms with van der Waals surface area (Å²) in [4.78, 5) is 11.8. The normalized spacial score (nSPS) is 10.4. The van der Waals surface area contributed by atoms with Crippen molar-refractivity contribution in [3.8, 4) is 0 Å². The number of carbonyl (C=O) groups is 1. The number of carbonyl (C=O) groups excluding carboxylic acids is 1. The van der Waals surface area contributed by atoms with E-state index in [0.717, 1.165) is 6.07 Å². The van der Waals surface area contributed by atoms with E-state index >= 15 is 0 Å². The molecule has 0 heterocycles. The molecule has 0 radical (unpaired) electrons. The van der Waals surface area contributed by atoms with Crippen molar-refractivity contribution in [1.29, 1.82) is 0 Å². The fourth-order valence-corrected chi connectivity index (χ4v) is 1.83. The van der Waals surface area contributed by atoms with E-state index in [4.69, 9.17) is 0 Å². The molecule has 2 nitrogen and oxygen atoms in total. The second kappa shape index (κ2) is 5.62. The lowest BCUT2D eigenvalue weighted by atomic mass is 10.2. The van der Waals surface area contributed by atoms with E-state index in [9.17, 15) is 22.4 Å². The quantitative estimate of drug-likeness (QED) is 0.638. The summed E-state index contributed by atoms with van der Waals surface area (Å²) in [6.07, 6.45) is 0. The van der Waals surface area contributed by atoms with Crippen LogP contribution in [0.3, 0.4) is 0 Å². The predicted molar refractivity (Wildman–Crippen MR) is 68.4 cm³/mol. The maximum atomic E-state index is 13.4. The van der Waals surface area contributed by atoms with Crippen molar-refractivity contribution < 1.29 is 22.4 Å². The molecule has 7 heteroatoms. The van der Waals surface area contributed by atoms with Gasteiger partial charge >= 0.3 is 0 Å². The molecular weight excluding hydrogens is 342 g/mol. The highest BCUT2D eigenvalue weighted by molar-refractivity contribution is 9.10. The zero-order chi connectivity index (χ0) is 14.9. The summed E-state index contributed by atoms with van der Waals surface area (Å²) in [6.45, 7) is 0. The number of benzene rings is 2. The van der Waals surface area contributed by atoms with Crippen molar-refractivity contribution in [3.63, 3.8) is 0 Å². The van der Waals surface area contributed by atoms with Crippen molar-refractivity contribution in [2.45, 2.75) is 0 Å². The third-order valence-corrected chi connectivity index (χ3v) is 3.05. The van der Waals surface area contributed by atoms with Crippen molar-refractivity contribution in [3.05, 3.63) is 63.6 Å². The van der Waals surface area contributed by atoms with Gasteiger partial charge in [-0.2, -0.15) is 0 Å². The molecule has 0 aliphatic heterocycles. The number of hydrogen-bond acceptors (Lipinski definition) is 1. The molecule has 0 spiro atoms. The Morgan fingerprint density at radius 2 is 1.55 bits per heavy atom. The topological polar surface area (TPSA) is 29.1 Å². The second-order valence-electron chi connectivity index (χ2n) is 3.83. The van der Waals surface area contributed by atoms with Crippen molar-refractivity contribution in [2.75, 3.05) is 5.32 Å². The lowest BCUT2D eigenvalue weighted by molar-refractivity contribution is 0.102. The molecule has 0 fully saturated rings. The van der Waals surface area contributed by atoms with Crippen LogP contribution in [0.15, 0.2) is 34.8 Å². The van der Waals surface area contributed by atoms with Crippen LogP contribution in [0, 0.1) is 23.3 Å². The molecule has 0 aliphatic rings. The number of anilines is 1. The van der Waals surface area contributed by atoms with Gasteiger partial charge in [0.05, 0.1) is 10.2 Å². The van der Waals surface area contributed by atoms with Gasteiger partial charge in [0.25, 0.3) is 5.91 Å². The maximum absolute atomic E-state index is 13.4. The number of amides is 1. The molecule has 0 bridgehead atoms. The van der Waals surface area contributed by atoms with Gasteiger partial charge in [0, 0.05) is 17.7 Å². The largest absolute Gasteiger partial charge is 0.319 e. The Morgan fingerprint density at radius 3 is 2.20 bits per heavy atom. The number of hydrogen-bond donors (Lipinski definition) is 1. The molecule has 0 aromatic heterocycles. The third kappa shape index (κ3) is 2.98. The summed E-state index contributed by atoms with van der Waals surface area (Å²) < 4.78 is 52.2. The fourth-order valence-electron chi connectivity index (χ4n) is 1.45. The number of rotatable bonds is 2. The Labute approximate surface area is 119 Å². The number of halogens is 5. The lowest BCUT2D eigenvalue weighted by Gasteiger charge is -2.07. The first-order valence-electron chi connectivity index (χ1n) is 5.29. The fraction of sp³-hybridized carbons (Fsp3) is 0. The predicted octanol–water partition coefficient (Wildman–Crippen LogP) is 4.26. The van der Waals surface area contributed by atoms with E-state index < -0.39 is 34.9 Å². The summed E-state index contributed by atoms with van der Waals surface area (Å²) >= 11 is 2.90. The van der Waals surface area contributed by atoms with Crippen molar-refractivity contribution in [2.24, 2.45) is 0 Å². The average molecular weight is 348 g/mol. The summed E-state index contributed by atoms with van der Waals surface area (Å²) in [6, 6.07) is 4.25. The van der Waals surface area contributed by atoms with Crippen LogP contribution in [0.25, 0.3) is 0 Å². The van der Waals surface area contributed by atoms with E-state index in [1.807, 2.05) is 0 Å². The van der Waals surface area contributed by atoms with E-state index in [0.29, 0.717) is 12.1 Å². The van der Waals surface area contributed by atoms with Crippen LogP contribution in [0.2, 0.25) is 0 Å². The minimum Gasteiger partial charge on any atom is -0.319 e. The summed E-state index contributed by atoms with van der Waals surface area (Å²) in [5.41, 5.74) is -0.475.